The average molecular weight is 296 g/mol. The van der Waals surface area contributed by atoms with Gasteiger partial charge >= 0.3 is 12.3 Å². The SMILES string of the molecule is CC(c1ccccc1Cl)N(C)C(=O)OCC(F)(F)F. The number of alkyl halides is 3. The molecule has 1 amide bonds. The van der Waals surface area contributed by atoms with Crippen molar-refractivity contribution in [2.45, 2.75) is 19.1 Å². The van der Waals surface area contributed by atoms with Gasteiger partial charge in [0.2, 0.25) is 0 Å². The van der Waals surface area contributed by atoms with Crippen LogP contribution in [0.4, 0.5) is 18.0 Å². The molecule has 7 heteroatoms. The predicted molar refractivity (Wildman–Crippen MR) is 65.0 cm³/mol. The third-order valence-electron chi connectivity index (χ3n) is 2.58. The van der Waals surface area contributed by atoms with E-state index in [4.69, 9.17) is 11.6 Å². The van der Waals surface area contributed by atoms with Gasteiger partial charge in [-0.1, -0.05) is 29.8 Å². The predicted octanol–water partition coefficient (Wildman–Crippen LogP) is 4.03. The lowest BCUT2D eigenvalue weighted by molar-refractivity contribution is -0.162. The normalized spacial score (nSPS) is 12.9. The maximum Gasteiger partial charge on any atom is 0.422 e. The number of nitrogens with zero attached hydrogens (tertiary/aromatic N) is 1. The summed E-state index contributed by atoms with van der Waals surface area (Å²) in [5.74, 6) is 0. The molecule has 0 fully saturated rings. The molecule has 1 atom stereocenters. The van der Waals surface area contributed by atoms with Crippen LogP contribution in [0.3, 0.4) is 0 Å². The Bertz CT molecular complexity index is 451. The number of hydrogen-bond acceptors (Lipinski definition) is 2. The third kappa shape index (κ3) is 4.63. The Kier molecular flexibility index (Phi) is 5.05. The second kappa shape index (κ2) is 6.14. The number of benzene rings is 1. The van der Waals surface area contributed by atoms with Crippen molar-refractivity contribution in [2.75, 3.05) is 13.7 Å². The van der Waals surface area contributed by atoms with E-state index in [0.29, 0.717) is 10.6 Å². The van der Waals surface area contributed by atoms with Crippen LogP contribution >= 0.6 is 11.6 Å². The molecule has 0 saturated carbocycles. The topological polar surface area (TPSA) is 29.5 Å². The summed E-state index contributed by atoms with van der Waals surface area (Å²) in [5.41, 5.74) is 0.635. The maximum absolute atomic E-state index is 12.0. The minimum Gasteiger partial charge on any atom is -0.440 e. The molecule has 0 aliphatic rings. The van der Waals surface area contributed by atoms with Crippen LogP contribution in [0.2, 0.25) is 5.02 Å². The fraction of sp³-hybridized carbons (Fsp3) is 0.417. The maximum atomic E-state index is 12.0. The van der Waals surface area contributed by atoms with E-state index < -0.39 is 24.9 Å². The van der Waals surface area contributed by atoms with Crippen LogP contribution in [0.25, 0.3) is 0 Å². The summed E-state index contributed by atoms with van der Waals surface area (Å²) in [6, 6.07) is 6.30. The van der Waals surface area contributed by atoms with Gasteiger partial charge in [-0.25, -0.2) is 4.79 Å². The molecule has 0 heterocycles. The summed E-state index contributed by atoms with van der Waals surface area (Å²) in [4.78, 5) is 12.5. The highest BCUT2D eigenvalue weighted by molar-refractivity contribution is 6.31. The number of ether oxygens (including phenoxy) is 1. The fourth-order valence-corrected chi connectivity index (χ4v) is 1.72. The lowest BCUT2D eigenvalue weighted by Crippen LogP contribution is -2.33. The van der Waals surface area contributed by atoms with Gasteiger partial charge in [-0.2, -0.15) is 13.2 Å². The Morgan fingerprint density at radius 2 is 2.00 bits per heavy atom. The Labute approximate surface area is 113 Å². The van der Waals surface area contributed by atoms with Gasteiger partial charge in [-0.3, -0.25) is 0 Å². The van der Waals surface area contributed by atoms with Crippen molar-refractivity contribution in [1.82, 2.24) is 4.90 Å². The largest absolute Gasteiger partial charge is 0.440 e. The van der Waals surface area contributed by atoms with Crippen molar-refractivity contribution < 1.29 is 22.7 Å². The second-order valence-corrected chi connectivity index (χ2v) is 4.39. The van der Waals surface area contributed by atoms with Crippen molar-refractivity contribution in [3.8, 4) is 0 Å². The molecule has 1 aromatic carbocycles. The van der Waals surface area contributed by atoms with Crippen LogP contribution in [0.1, 0.15) is 18.5 Å². The zero-order valence-corrected chi connectivity index (χ0v) is 11.1. The number of halogens is 4. The van der Waals surface area contributed by atoms with Crippen LogP contribution in [0.5, 0.6) is 0 Å². The highest BCUT2D eigenvalue weighted by atomic mass is 35.5. The van der Waals surface area contributed by atoms with E-state index in [0.717, 1.165) is 4.90 Å². The van der Waals surface area contributed by atoms with E-state index in [1.165, 1.54) is 7.05 Å². The number of hydrogen-bond donors (Lipinski definition) is 0. The minimum atomic E-state index is -4.54. The van der Waals surface area contributed by atoms with Gasteiger partial charge in [0.15, 0.2) is 6.61 Å². The van der Waals surface area contributed by atoms with Gasteiger partial charge in [-0.15, -0.1) is 0 Å². The first kappa shape index (κ1) is 15.6. The lowest BCUT2D eigenvalue weighted by atomic mass is 10.1. The summed E-state index contributed by atoms with van der Waals surface area (Å²) < 4.78 is 40.0. The van der Waals surface area contributed by atoms with E-state index in [9.17, 15) is 18.0 Å². The van der Waals surface area contributed by atoms with Crippen LogP contribution in [0.15, 0.2) is 24.3 Å². The molecule has 0 bridgehead atoms. The van der Waals surface area contributed by atoms with E-state index in [1.807, 2.05) is 0 Å². The molecule has 1 unspecified atom stereocenters. The van der Waals surface area contributed by atoms with E-state index in [2.05, 4.69) is 4.74 Å². The molecule has 0 saturated heterocycles. The van der Waals surface area contributed by atoms with Crippen molar-refractivity contribution >= 4 is 17.7 Å². The standard InChI is InChI=1S/C12H13ClF3NO2/c1-8(9-5-3-4-6-10(9)13)17(2)11(18)19-7-12(14,15)16/h3-6,8H,7H2,1-2H3. The monoisotopic (exact) mass is 295 g/mol. The van der Waals surface area contributed by atoms with Crippen LogP contribution < -0.4 is 0 Å². The molecule has 1 aromatic rings. The highest BCUT2D eigenvalue weighted by Gasteiger charge is 2.31. The van der Waals surface area contributed by atoms with Gasteiger partial charge in [0.05, 0.1) is 6.04 Å². The summed E-state index contributed by atoms with van der Waals surface area (Å²) in [6.07, 6.45) is -5.59. The van der Waals surface area contributed by atoms with Crippen LogP contribution in [-0.4, -0.2) is 30.8 Å². The number of carbonyl (C=O) groups excluding carboxylic acids is 1. The molecular formula is C12H13ClF3NO2. The van der Waals surface area contributed by atoms with Gasteiger partial charge in [-0.05, 0) is 18.6 Å². The first-order valence-corrected chi connectivity index (χ1v) is 5.81. The number of amides is 1. The van der Waals surface area contributed by atoms with E-state index in [1.54, 1.807) is 31.2 Å². The zero-order chi connectivity index (χ0) is 14.6. The van der Waals surface area contributed by atoms with Crippen LogP contribution in [0, 0.1) is 0 Å². The molecule has 106 valence electrons. The molecule has 1 rings (SSSR count). The number of carbonyl (C=O) groups is 1. The fourth-order valence-electron chi connectivity index (χ4n) is 1.43. The van der Waals surface area contributed by atoms with Gasteiger partial charge in [0, 0.05) is 12.1 Å². The molecule has 19 heavy (non-hydrogen) atoms. The minimum absolute atomic E-state index is 0.436. The quantitative estimate of drug-likeness (QED) is 0.842. The Balaban J connectivity index is 2.69. The first-order chi connectivity index (χ1) is 8.72. The second-order valence-electron chi connectivity index (χ2n) is 3.98. The molecular weight excluding hydrogens is 283 g/mol. The van der Waals surface area contributed by atoms with E-state index in [-0.39, 0.29) is 0 Å². The summed E-state index contributed by atoms with van der Waals surface area (Å²) >= 11 is 5.96. The highest BCUT2D eigenvalue weighted by Crippen LogP contribution is 2.26. The lowest BCUT2D eigenvalue weighted by Gasteiger charge is -2.25. The molecule has 0 aliphatic heterocycles. The average Bonchev–Trinajstić information content (AvgIpc) is 2.34. The van der Waals surface area contributed by atoms with Gasteiger partial charge in [0.1, 0.15) is 0 Å². The third-order valence-corrected chi connectivity index (χ3v) is 2.93. The smallest absolute Gasteiger partial charge is 0.422 e. The van der Waals surface area contributed by atoms with Crippen molar-refractivity contribution in [2.24, 2.45) is 0 Å². The Morgan fingerprint density at radius 1 is 1.42 bits per heavy atom. The summed E-state index contributed by atoms with van der Waals surface area (Å²) in [5, 5.41) is 0.436. The van der Waals surface area contributed by atoms with E-state index >= 15 is 0 Å². The first-order valence-electron chi connectivity index (χ1n) is 5.43. The molecule has 0 N–H and O–H groups in total. The molecule has 0 aromatic heterocycles. The van der Waals surface area contributed by atoms with Gasteiger partial charge < -0.3 is 9.64 Å². The molecule has 0 aliphatic carbocycles. The Hall–Kier alpha value is -1.43. The Morgan fingerprint density at radius 3 is 2.53 bits per heavy atom. The zero-order valence-electron chi connectivity index (χ0n) is 10.4. The van der Waals surface area contributed by atoms with Crippen molar-refractivity contribution in [3.05, 3.63) is 34.9 Å². The van der Waals surface area contributed by atoms with Crippen molar-refractivity contribution in [3.63, 3.8) is 0 Å². The summed E-state index contributed by atoms with van der Waals surface area (Å²) in [6.45, 7) is 0.0431. The molecule has 3 nitrogen and oxygen atoms in total. The van der Waals surface area contributed by atoms with Gasteiger partial charge in [0.25, 0.3) is 0 Å². The molecule has 0 radical (unpaired) electrons. The number of rotatable bonds is 3. The summed E-state index contributed by atoms with van der Waals surface area (Å²) in [7, 11) is 1.35. The molecule has 0 spiro atoms. The van der Waals surface area contributed by atoms with Crippen molar-refractivity contribution in [1.29, 1.82) is 0 Å². The van der Waals surface area contributed by atoms with Crippen LogP contribution in [-0.2, 0) is 4.74 Å².